The largest absolute Gasteiger partial charge is 0.454 e. The lowest BCUT2D eigenvalue weighted by Crippen LogP contribution is -2.42. The molecule has 0 aromatic heterocycles. The molecule has 3 rings (SSSR count). The van der Waals surface area contributed by atoms with Crippen LogP contribution in [0.1, 0.15) is 18.1 Å². The van der Waals surface area contributed by atoms with Crippen LogP contribution in [0.15, 0.2) is 42.5 Å². The monoisotopic (exact) mass is 344 g/mol. The second-order valence-electron chi connectivity index (χ2n) is 6.12. The first-order chi connectivity index (χ1) is 12.0. The maximum atomic E-state index is 13.0. The average Bonchev–Trinajstić information content (AvgIpc) is 3.08. The molecule has 1 amide bonds. The summed E-state index contributed by atoms with van der Waals surface area (Å²) in [6, 6.07) is 11.6. The highest BCUT2D eigenvalue weighted by Gasteiger charge is 2.19. The van der Waals surface area contributed by atoms with E-state index in [0.29, 0.717) is 18.8 Å². The van der Waals surface area contributed by atoms with Crippen molar-refractivity contribution in [2.24, 2.45) is 0 Å². The first-order valence-corrected chi connectivity index (χ1v) is 8.14. The van der Waals surface area contributed by atoms with Crippen LogP contribution in [-0.4, -0.2) is 30.7 Å². The minimum absolute atomic E-state index is 0.0673. The first kappa shape index (κ1) is 17.2. The lowest BCUT2D eigenvalue weighted by atomic mass is 10.1. The van der Waals surface area contributed by atoms with Crippen molar-refractivity contribution in [3.8, 4) is 11.5 Å². The predicted octanol–water partition coefficient (Wildman–Crippen LogP) is 2.69. The number of likely N-dealkylation sites (N-methyl/N-ethyl adjacent to an activating group) is 1. The van der Waals surface area contributed by atoms with Crippen LogP contribution in [0.3, 0.4) is 0 Å². The van der Waals surface area contributed by atoms with E-state index in [1.807, 2.05) is 37.1 Å². The molecule has 2 aromatic carbocycles. The number of rotatable bonds is 6. The number of carbonyl (C=O) groups excluding carboxylic acids is 1. The highest BCUT2D eigenvalue weighted by molar-refractivity contribution is 5.81. The zero-order chi connectivity index (χ0) is 17.8. The molecule has 0 bridgehead atoms. The average molecular weight is 344 g/mol. The van der Waals surface area contributed by atoms with Crippen molar-refractivity contribution in [1.29, 1.82) is 0 Å². The molecule has 1 atom stereocenters. The summed E-state index contributed by atoms with van der Waals surface area (Å²) < 4.78 is 23.6. The second kappa shape index (κ2) is 7.53. The van der Waals surface area contributed by atoms with Crippen molar-refractivity contribution < 1.29 is 18.7 Å². The van der Waals surface area contributed by atoms with E-state index in [1.54, 1.807) is 12.1 Å². The number of carbonyl (C=O) groups is 1. The molecule has 0 aliphatic carbocycles. The molecule has 0 saturated heterocycles. The van der Waals surface area contributed by atoms with E-state index in [0.717, 1.165) is 16.9 Å². The van der Waals surface area contributed by atoms with Gasteiger partial charge in [0.25, 0.3) is 0 Å². The minimum Gasteiger partial charge on any atom is -0.454 e. The molecular formula is C19H21FN2O3. The van der Waals surface area contributed by atoms with E-state index in [1.165, 1.54) is 12.1 Å². The second-order valence-corrected chi connectivity index (χ2v) is 6.12. The molecule has 1 N–H and O–H groups in total. The van der Waals surface area contributed by atoms with Crippen LogP contribution in [0.4, 0.5) is 4.39 Å². The number of benzene rings is 2. The Labute approximate surface area is 146 Å². The molecule has 5 nitrogen and oxygen atoms in total. The molecule has 0 radical (unpaired) electrons. The third kappa shape index (κ3) is 4.28. The smallest absolute Gasteiger partial charge is 0.237 e. The topological polar surface area (TPSA) is 50.8 Å². The van der Waals surface area contributed by atoms with Gasteiger partial charge in [0.05, 0.1) is 6.04 Å². The van der Waals surface area contributed by atoms with Gasteiger partial charge in [0.15, 0.2) is 11.5 Å². The Kier molecular flexibility index (Phi) is 5.19. The molecule has 0 spiro atoms. The van der Waals surface area contributed by atoms with Gasteiger partial charge in [0, 0.05) is 13.1 Å². The van der Waals surface area contributed by atoms with Crippen molar-refractivity contribution >= 4 is 5.91 Å². The lowest BCUT2D eigenvalue weighted by Gasteiger charge is -2.24. The van der Waals surface area contributed by atoms with Crippen molar-refractivity contribution in [3.63, 3.8) is 0 Å². The number of hydrogen-bond donors (Lipinski definition) is 1. The fraction of sp³-hybridized carbons (Fsp3) is 0.316. The van der Waals surface area contributed by atoms with E-state index in [4.69, 9.17) is 9.47 Å². The number of nitrogens with zero attached hydrogens (tertiary/aromatic N) is 1. The Hall–Kier alpha value is -2.60. The summed E-state index contributed by atoms with van der Waals surface area (Å²) in [5.41, 5.74) is 1.91. The zero-order valence-corrected chi connectivity index (χ0v) is 14.3. The van der Waals surface area contributed by atoms with Crippen LogP contribution >= 0.6 is 0 Å². The maximum absolute atomic E-state index is 13.0. The summed E-state index contributed by atoms with van der Waals surface area (Å²) in [7, 11) is 1.87. The number of nitrogens with one attached hydrogen (secondary N) is 1. The summed E-state index contributed by atoms with van der Waals surface area (Å²) in [4.78, 5) is 14.3. The Bertz CT molecular complexity index is 749. The van der Waals surface area contributed by atoms with Crippen molar-refractivity contribution in [2.45, 2.75) is 26.1 Å². The molecule has 1 heterocycles. The van der Waals surface area contributed by atoms with Crippen LogP contribution in [0.25, 0.3) is 0 Å². The fourth-order valence-electron chi connectivity index (χ4n) is 2.60. The van der Waals surface area contributed by atoms with Crippen LogP contribution < -0.4 is 14.8 Å². The van der Waals surface area contributed by atoms with E-state index >= 15 is 0 Å². The molecular weight excluding hydrogens is 323 g/mol. The summed E-state index contributed by atoms with van der Waals surface area (Å²) >= 11 is 0. The Morgan fingerprint density at radius 3 is 2.60 bits per heavy atom. The number of hydrogen-bond acceptors (Lipinski definition) is 4. The number of amides is 1. The normalized spacial score (nSPS) is 13.8. The quantitative estimate of drug-likeness (QED) is 0.875. The standard InChI is InChI=1S/C19H21FN2O3/c1-13(22(2)11-14-3-6-16(20)7-4-14)19(23)21-10-15-5-8-17-18(9-15)25-12-24-17/h3-9,13H,10-12H2,1-2H3,(H,21,23). The molecule has 25 heavy (non-hydrogen) atoms. The zero-order valence-electron chi connectivity index (χ0n) is 14.3. The Balaban J connectivity index is 1.52. The molecule has 0 saturated carbocycles. The molecule has 6 heteroatoms. The lowest BCUT2D eigenvalue weighted by molar-refractivity contribution is -0.125. The van der Waals surface area contributed by atoms with E-state index in [-0.39, 0.29) is 24.6 Å². The van der Waals surface area contributed by atoms with Gasteiger partial charge >= 0.3 is 0 Å². The molecule has 1 unspecified atom stereocenters. The van der Waals surface area contributed by atoms with Gasteiger partial charge in [-0.05, 0) is 49.4 Å². The van der Waals surface area contributed by atoms with Gasteiger partial charge in [0.2, 0.25) is 12.7 Å². The fourth-order valence-corrected chi connectivity index (χ4v) is 2.60. The maximum Gasteiger partial charge on any atom is 0.237 e. The van der Waals surface area contributed by atoms with Gasteiger partial charge < -0.3 is 14.8 Å². The van der Waals surface area contributed by atoms with Crippen LogP contribution in [0.5, 0.6) is 11.5 Å². The number of ether oxygens (including phenoxy) is 2. The Morgan fingerprint density at radius 2 is 1.84 bits per heavy atom. The van der Waals surface area contributed by atoms with Gasteiger partial charge in [0.1, 0.15) is 5.82 Å². The van der Waals surface area contributed by atoms with Gasteiger partial charge in [-0.25, -0.2) is 4.39 Å². The predicted molar refractivity (Wildman–Crippen MR) is 91.7 cm³/mol. The molecule has 1 aliphatic heterocycles. The van der Waals surface area contributed by atoms with Gasteiger partial charge in [-0.15, -0.1) is 0 Å². The highest BCUT2D eigenvalue weighted by Crippen LogP contribution is 2.32. The highest BCUT2D eigenvalue weighted by atomic mass is 19.1. The number of halogens is 1. The van der Waals surface area contributed by atoms with Crippen molar-refractivity contribution in [1.82, 2.24) is 10.2 Å². The van der Waals surface area contributed by atoms with E-state index in [9.17, 15) is 9.18 Å². The van der Waals surface area contributed by atoms with Gasteiger partial charge in [-0.1, -0.05) is 18.2 Å². The van der Waals surface area contributed by atoms with Crippen LogP contribution in [0, 0.1) is 5.82 Å². The van der Waals surface area contributed by atoms with Crippen molar-refractivity contribution in [3.05, 3.63) is 59.4 Å². The SMILES string of the molecule is CC(C(=O)NCc1ccc2c(c1)OCO2)N(C)Cc1ccc(F)cc1. The summed E-state index contributed by atoms with van der Waals surface area (Å²) in [6.45, 7) is 3.07. The summed E-state index contributed by atoms with van der Waals surface area (Å²) in [5.74, 6) is 1.10. The minimum atomic E-state index is -0.306. The number of fused-ring (bicyclic) bond motifs is 1. The molecule has 2 aromatic rings. The molecule has 0 fully saturated rings. The molecule has 132 valence electrons. The first-order valence-electron chi connectivity index (χ1n) is 8.14. The third-order valence-electron chi connectivity index (χ3n) is 4.29. The summed E-state index contributed by atoms with van der Waals surface area (Å²) in [5, 5.41) is 2.93. The summed E-state index contributed by atoms with van der Waals surface area (Å²) in [6.07, 6.45) is 0. The van der Waals surface area contributed by atoms with Gasteiger partial charge in [-0.3, -0.25) is 9.69 Å². The third-order valence-corrected chi connectivity index (χ3v) is 4.29. The van der Waals surface area contributed by atoms with Crippen LogP contribution in [-0.2, 0) is 17.9 Å². The van der Waals surface area contributed by atoms with Gasteiger partial charge in [-0.2, -0.15) is 0 Å². The van der Waals surface area contributed by atoms with E-state index < -0.39 is 0 Å². The molecule has 1 aliphatic rings. The van der Waals surface area contributed by atoms with E-state index in [2.05, 4.69) is 5.32 Å². The Morgan fingerprint density at radius 1 is 1.16 bits per heavy atom. The van der Waals surface area contributed by atoms with Crippen molar-refractivity contribution in [2.75, 3.05) is 13.8 Å². The van der Waals surface area contributed by atoms with Crippen LogP contribution in [0.2, 0.25) is 0 Å².